The molecule has 1 amide bonds. The van der Waals surface area contributed by atoms with E-state index in [1.165, 1.54) is 6.07 Å². The van der Waals surface area contributed by atoms with Gasteiger partial charge in [-0.05, 0) is 25.3 Å². The molecule has 7 heteroatoms. The molecule has 1 aromatic rings. The van der Waals surface area contributed by atoms with E-state index < -0.39 is 22.8 Å². The lowest BCUT2D eigenvalue weighted by Gasteiger charge is -2.13. The number of furan rings is 1. The van der Waals surface area contributed by atoms with Gasteiger partial charge in [-0.15, -0.1) is 0 Å². The lowest BCUT2D eigenvalue weighted by molar-refractivity contribution is -0.402. The molecule has 0 spiro atoms. The molecular weight excluding hydrogens is 240 g/mol. The summed E-state index contributed by atoms with van der Waals surface area (Å²) in [5.74, 6) is -0.942. The number of hydrogen-bond acceptors (Lipinski definition) is 5. The number of hydrogen-bond donors (Lipinski definition) is 2. The molecule has 1 rings (SSSR count). The molecule has 2 unspecified atom stereocenters. The lowest BCUT2D eigenvalue weighted by Crippen LogP contribution is -2.29. The summed E-state index contributed by atoms with van der Waals surface area (Å²) >= 11 is 0. The molecule has 100 valence electrons. The zero-order chi connectivity index (χ0) is 13.7. The summed E-state index contributed by atoms with van der Waals surface area (Å²) in [5, 5.41) is 22.1. The Balaban J connectivity index is 2.47. The molecule has 1 aromatic heterocycles. The highest BCUT2D eigenvalue weighted by molar-refractivity contribution is 5.91. The minimum atomic E-state index is -0.702. The van der Waals surface area contributed by atoms with E-state index >= 15 is 0 Å². The summed E-state index contributed by atoms with van der Waals surface area (Å²) in [6.07, 6.45) is 0.139. The monoisotopic (exact) mass is 256 g/mol. The van der Waals surface area contributed by atoms with Gasteiger partial charge in [-0.25, -0.2) is 0 Å². The molecule has 0 aliphatic rings. The second kappa shape index (κ2) is 6.15. The number of nitrogens with zero attached hydrogens (tertiary/aromatic N) is 1. The third kappa shape index (κ3) is 4.17. The first-order chi connectivity index (χ1) is 8.40. The fourth-order valence-electron chi connectivity index (χ4n) is 1.57. The highest BCUT2D eigenvalue weighted by Crippen LogP contribution is 2.15. The van der Waals surface area contributed by atoms with E-state index in [0.717, 1.165) is 6.07 Å². The number of nitro groups is 1. The fourth-order valence-corrected chi connectivity index (χ4v) is 1.57. The standard InChI is InChI=1S/C11H16N2O5/c1-7(5-8(2)14)6-12-11(15)9-3-4-10(18-9)13(16)17/h3-4,7-8,14H,5-6H2,1-2H3,(H,12,15). The predicted octanol–water partition coefficient (Wildman–Crippen LogP) is 1.32. The smallest absolute Gasteiger partial charge is 0.395 e. The molecule has 2 N–H and O–H groups in total. The molecule has 18 heavy (non-hydrogen) atoms. The van der Waals surface area contributed by atoms with Gasteiger partial charge in [0, 0.05) is 6.54 Å². The van der Waals surface area contributed by atoms with Crippen LogP contribution in [0.2, 0.25) is 0 Å². The summed E-state index contributed by atoms with van der Waals surface area (Å²) in [4.78, 5) is 21.3. The third-order valence-corrected chi connectivity index (χ3v) is 2.35. The second-order valence-electron chi connectivity index (χ2n) is 4.29. The maximum Gasteiger partial charge on any atom is 0.433 e. The van der Waals surface area contributed by atoms with Crippen LogP contribution in [-0.4, -0.2) is 28.6 Å². The fraction of sp³-hybridized carbons (Fsp3) is 0.545. The third-order valence-electron chi connectivity index (χ3n) is 2.35. The van der Waals surface area contributed by atoms with Crippen molar-refractivity contribution < 1.29 is 19.2 Å². The minimum Gasteiger partial charge on any atom is -0.395 e. The van der Waals surface area contributed by atoms with E-state index in [-0.39, 0.29) is 11.7 Å². The summed E-state index contributed by atoms with van der Waals surface area (Å²) in [5.41, 5.74) is 0. The van der Waals surface area contributed by atoms with Crippen LogP contribution < -0.4 is 5.32 Å². The van der Waals surface area contributed by atoms with Gasteiger partial charge in [0.25, 0.3) is 5.91 Å². The van der Waals surface area contributed by atoms with Crippen LogP contribution in [0, 0.1) is 16.0 Å². The number of nitrogens with one attached hydrogen (secondary N) is 1. The van der Waals surface area contributed by atoms with Crippen LogP contribution in [0.3, 0.4) is 0 Å². The van der Waals surface area contributed by atoms with Gasteiger partial charge in [-0.2, -0.15) is 0 Å². The van der Waals surface area contributed by atoms with Gasteiger partial charge < -0.3 is 14.8 Å². The Morgan fingerprint density at radius 2 is 2.22 bits per heavy atom. The van der Waals surface area contributed by atoms with Crippen LogP contribution in [0.25, 0.3) is 0 Å². The molecular formula is C11H16N2O5. The van der Waals surface area contributed by atoms with E-state index in [0.29, 0.717) is 13.0 Å². The number of amides is 1. The Bertz CT molecular complexity index is 427. The Labute approximate surface area is 104 Å². The average Bonchev–Trinajstić information content (AvgIpc) is 2.74. The number of rotatable bonds is 6. The number of carbonyl (C=O) groups excluding carboxylic acids is 1. The van der Waals surface area contributed by atoms with Gasteiger partial charge in [0.05, 0.1) is 12.2 Å². The molecule has 2 atom stereocenters. The summed E-state index contributed by atoms with van der Waals surface area (Å²) in [6.45, 7) is 3.93. The molecule has 0 aliphatic carbocycles. The van der Waals surface area contributed by atoms with Gasteiger partial charge in [0.1, 0.15) is 4.92 Å². The normalized spacial score (nSPS) is 13.9. The Morgan fingerprint density at radius 3 is 2.72 bits per heavy atom. The van der Waals surface area contributed by atoms with Crippen LogP contribution >= 0.6 is 0 Å². The van der Waals surface area contributed by atoms with Crippen molar-refractivity contribution in [3.63, 3.8) is 0 Å². The van der Waals surface area contributed by atoms with Crippen LogP contribution in [-0.2, 0) is 0 Å². The topological polar surface area (TPSA) is 106 Å². The minimum absolute atomic E-state index is 0.0917. The molecule has 0 fully saturated rings. The zero-order valence-corrected chi connectivity index (χ0v) is 10.3. The van der Waals surface area contributed by atoms with Crippen LogP contribution in [0.1, 0.15) is 30.8 Å². The maximum atomic E-state index is 11.6. The zero-order valence-electron chi connectivity index (χ0n) is 10.3. The summed E-state index contributed by atoms with van der Waals surface area (Å²) in [6, 6.07) is 2.39. The molecule has 7 nitrogen and oxygen atoms in total. The van der Waals surface area contributed by atoms with Gasteiger partial charge in [-0.1, -0.05) is 6.92 Å². The van der Waals surface area contributed by atoms with Crippen LogP contribution in [0.4, 0.5) is 5.88 Å². The number of aliphatic hydroxyl groups is 1. The highest BCUT2D eigenvalue weighted by atomic mass is 16.6. The average molecular weight is 256 g/mol. The van der Waals surface area contributed by atoms with Crippen molar-refractivity contribution in [2.75, 3.05) is 6.54 Å². The molecule has 0 aliphatic heterocycles. The van der Waals surface area contributed by atoms with Crippen molar-refractivity contribution in [3.05, 3.63) is 28.0 Å². The van der Waals surface area contributed by atoms with E-state index in [2.05, 4.69) is 5.32 Å². The van der Waals surface area contributed by atoms with Crippen molar-refractivity contribution in [1.29, 1.82) is 0 Å². The summed E-state index contributed by atoms with van der Waals surface area (Å²) in [7, 11) is 0. The Morgan fingerprint density at radius 1 is 1.56 bits per heavy atom. The first kappa shape index (κ1) is 14.2. The Hall–Kier alpha value is -1.89. The largest absolute Gasteiger partial charge is 0.433 e. The molecule has 0 radical (unpaired) electrons. The van der Waals surface area contributed by atoms with Crippen LogP contribution in [0.15, 0.2) is 16.5 Å². The molecule has 1 heterocycles. The van der Waals surface area contributed by atoms with Gasteiger partial charge in [0.2, 0.25) is 0 Å². The second-order valence-corrected chi connectivity index (χ2v) is 4.29. The van der Waals surface area contributed by atoms with E-state index in [9.17, 15) is 14.9 Å². The Kier molecular flexibility index (Phi) is 4.85. The van der Waals surface area contributed by atoms with Crippen molar-refractivity contribution >= 4 is 11.8 Å². The van der Waals surface area contributed by atoms with Gasteiger partial charge in [0.15, 0.2) is 5.76 Å². The van der Waals surface area contributed by atoms with Crippen LogP contribution in [0.5, 0.6) is 0 Å². The van der Waals surface area contributed by atoms with Crippen molar-refractivity contribution in [3.8, 4) is 0 Å². The first-order valence-corrected chi connectivity index (χ1v) is 5.60. The lowest BCUT2D eigenvalue weighted by atomic mass is 10.0. The maximum absolute atomic E-state index is 11.6. The highest BCUT2D eigenvalue weighted by Gasteiger charge is 2.17. The number of aliphatic hydroxyl groups excluding tert-OH is 1. The molecule has 0 aromatic carbocycles. The molecule has 0 bridgehead atoms. The van der Waals surface area contributed by atoms with Crippen molar-refractivity contribution in [1.82, 2.24) is 5.32 Å². The molecule has 0 saturated carbocycles. The van der Waals surface area contributed by atoms with Gasteiger partial charge >= 0.3 is 5.88 Å². The number of carbonyl (C=O) groups is 1. The quantitative estimate of drug-likeness (QED) is 0.590. The van der Waals surface area contributed by atoms with E-state index in [1.807, 2.05) is 6.92 Å². The SMILES string of the molecule is CC(O)CC(C)CNC(=O)c1ccc([N+](=O)[O-])o1. The molecule has 0 saturated heterocycles. The van der Waals surface area contributed by atoms with Crippen molar-refractivity contribution in [2.45, 2.75) is 26.4 Å². The van der Waals surface area contributed by atoms with Gasteiger partial charge in [-0.3, -0.25) is 14.9 Å². The predicted molar refractivity (Wildman–Crippen MR) is 63.2 cm³/mol. The first-order valence-electron chi connectivity index (χ1n) is 5.60. The van der Waals surface area contributed by atoms with E-state index in [1.54, 1.807) is 6.92 Å². The van der Waals surface area contributed by atoms with Crippen molar-refractivity contribution in [2.24, 2.45) is 5.92 Å². The summed E-state index contributed by atoms with van der Waals surface area (Å²) < 4.78 is 4.76. The van der Waals surface area contributed by atoms with E-state index in [4.69, 9.17) is 9.52 Å².